The van der Waals surface area contributed by atoms with E-state index in [4.69, 9.17) is 0 Å². The summed E-state index contributed by atoms with van der Waals surface area (Å²) in [5.41, 5.74) is -8.00. The Morgan fingerprint density at radius 3 is 1.24 bits per heavy atom. The molecule has 1 aromatic heterocycles. The highest BCUT2D eigenvalue weighted by atomic mass is 16.6. The van der Waals surface area contributed by atoms with E-state index >= 15 is 0 Å². The Morgan fingerprint density at radius 1 is 0.568 bits per heavy atom. The molecule has 3 aromatic rings. The van der Waals surface area contributed by atoms with E-state index in [2.05, 4.69) is 25.8 Å². The zero-order chi connectivity index (χ0) is 27.6. The fraction of sp³-hybridized carbons (Fsp3) is 0. The van der Waals surface area contributed by atoms with Gasteiger partial charge in [0.05, 0.1) is 53.8 Å². The molecule has 0 atom stereocenters. The monoisotopic (exact) mass is 521 g/mol. The number of nitro groups is 6. The van der Waals surface area contributed by atoms with E-state index in [1.807, 2.05) is 0 Å². The van der Waals surface area contributed by atoms with Crippen LogP contribution in [0.3, 0.4) is 0 Å². The molecule has 0 radical (unpaired) electrons. The van der Waals surface area contributed by atoms with Crippen LogP contribution in [0.25, 0.3) is 0 Å². The molecule has 37 heavy (non-hydrogen) atoms. The highest BCUT2D eigenvalue weighted by Crippen LogP contribution is 2.41. The van der Waals surface area contributed by atoms with Gasteiger partial charge in [0.25, 0.3) is 11.4 Å². The Kier molecular flexibility index (Phi) is 6.43. The first-order valence-electron chi connectivity index (χ1n) is 8.99. The maximum absolute atomic E-state index is 11.4. The average molecular weight is 521 g/mol. The van der Waals surface area contributed by atoms with Gasteiger partial charge in [0.1, 0.15) is 0 Å². The van der Waals surface area contributed by atoms with Crippen LogP contribution in [-0.2, 0) is 0 Å². The second kappa shape index (κ2) is 9.44. The zero-order valence-corrected chi connectivity index (χ0v) is 17.3. The van der Waals surface area contributed by atoms with Crippen LogP contribution in [0.5, 0.6) is 0 Å². The van der Waals surface area contributed by atoms with E-state index in [1.54, 1.807) is 0 Å². The summed E-state index contributed by atoms with van der Waals surface area (Å²) in [4.78, 5) is 64.3. The summed E-state index contributed by atoms with van der Waals surface area (Å²) >= 11 is 0. The number of benzene rings is 2. The summed E-state index contributed by atoms with van der Waals surface area (Å²) < 4.78 is 0. The molecule has 0 aliphatic heterocycles. The van der Waals surface area contributed by atoms with Crippen LogP contribution in [0.15, 0.2) is 24.3 Å². The quantitative estimate of drug-likeness (QED) is 0.255. The maximum Gasteiger partial charge on any atom is 0.306 e. The number of aromatic nitrogens is 3. The summed E-state index contributed by atoms with van der Waals surface area (Å²) in [5.74, 6) is -1.22. The number of H-pyrrole nitrogens is 1. The van der Waals surface area contributed by atoms with Crippen LogP contribution < -0.4 is 10.6 Å². The van der Waals surface area contributed by atoms with E-state index in [0.29, 0.717) is 24.3 Å². The van der Waals surface area contributed by atoms with Crippen molar-refractivity contribution in [2.24, 2.45) is 0 Å². The lowest BCUT2D eigenvalue weighted by Crippen LogP contribution is -2.05. The summed E-state index contributed by atoms with van der Waals surface area (Å²) in [6, 6.07) is 1.75. The molecule has 3 N–H and O–H groups in total. The largest absolute Gasteiger partial charge is 0.313 e. The molecule has 3 rings (SSSR count). The lowest BCUT2D eigenvalue weighted by Gasteiger charge is -2.05. The van der Waals surface area contributed by atoms with Gasteiger partial charge < -0.3 is 10.6 Å². The van der Waals surface area contributed by atoms with Crippen molar-refractivity contribution in [3.63, 3.8) is 0 Å². The van der Waals surface area contributed by atoms with Crippen LogP contribution in [0.4, 0.5) is 57.4 Å². The predicted molar refractivity (Wildman–Crippen MR) is 116 cm³/mol. The van der Waals surface area contributed by atoms with Crippen molar-refractivity contribution in [3.8, 4) is 0 Å². The molecule has 1 heterocycles. The number of rotatable bonds is 10. The van der Waals surface area contributed by atoms with Gasteiger partial charge in [-0.1, -0.05) is 0 Å². The van der Waals surface area contributed by atoms with Gasteiger partial charge in [-0.15, -0.1) is 5.10 Å². The number of nitrogens with one attached hydrogen (secondary N) is 3. The third kappa shape index (κ3) is 5.08. The van der Waals surface area contributed by atoms with Gasteiger partial charge in [0, 0.05) is 0 Å². The first-order valence-corrected chi connectivity index (χ1v) is 8.99. The molecule has 0 unspecified atom stereocenters. The first-order chi connectivity index (χ1) is 17.3. The number of nitro benzene ring substituents is 6. The Bertz CT molecular complexity index is 1340. The standard InChI is InChI=1S/C14H7N11O12/c26-20(27)5-1-7(22(30)31)11(8(2-5)23(32)33)15-13-17-14(19-18-13)16-12-9(24(34)35)3-6(21(28)29)4-10(12)25(36)37/h1-4H,(H3,15,16,17,18,19). The van der Waals surface area contributed by atoms with Gasteiger partial charge in [-0.3, -0.25) is 60.7 Å². The van der Waals surface area contributed by atoms with Gasteiger partial charge in [0.2, 0.25) is 11.9 Å². The Hall–Kier alpha value is -6.42. The molecule has 0 saturated heterocycles. The second-order valence-electron chi connectivity index (χ2n) is 6.52. The maximum atomic E-state index is 11.4. The van der Waals surface area contributed by atoms with Gasteiger partial charge in [-0.2, -0.15) is 4.98 Å². The van der Waals surface area contributed by atoms with Gasteiger partial charge in [0.15, 0.2) is 11.4 Å². The number of aromatic amines is 1. The topological polar surface area (TPSA) is 324 Å². The second-order valence-corrected chi connectivity index (χ2v) is 6.52. The molecule has 0 saturated carbocycles. The first kappa shape index (κ1) is 25.2. The van der Waals surface area contributed by atoms with Gasteiger partial charge >= 0.3 is 22.7 Å². The molecule has 0 spiro atoms. The number of hydrogen-bond donors (Lipinski definition) is 3. The average Bonchev–Trinajstić information content (AvgIpc) is 3.24. The van der Waals surface area contributed by atoms with Crippen molar-refractivity contribution < 1.29 is 29.5 Å². The fourth-order valence-electron chi connectivity index (χ4n) is 2.84. The van der Waals surface area contributed by atoms with Crippen molar-refractivity contribution in [1.29, 1.82) is 0 Å². The third-order valence-electron chi connectivity index (χ3n) is 4.34. The lowest BCUT2D eigenvalue weighted by atomic mass is 10.2. The molecule has 0 aliphatic carbocycles. The highest BCUT2D eigenvalue weighted by molar-refractivity contribution is 5.81. The molecule has 0 amide bonds. The summed E-state index contributed by atoms with van der Waals surface area (Å²) in [6.45, 7) is 0. The molecule has 23 nitrogen and oxygen atoms in total. The van der Waals surface area contributed by atoms with E-state index in [0.717, 1.165) is 0 Å². The third-order valence-corrected chi connectivity index (χ3v) is 4.34. The summed E-state index contributed by atoms with van der Waals surface area (Å²) in [6.07, 6.45) is 0. The van der Waals surface area contributed by atoms with Crippen LogP contribution in [0.1, 0.15) is 0 Å². The molecular formula is C14H7N11O12. The highest BCUT2D eigenvalue weighted by Gasteiger charge is 2.33. The number of nitrogens with zero attached hydrogens (tertiary/aromatic N) is 8. The minimum atomic E-state index is -1.16. The SMILES string of the molecule is O=[N+]([O-])c1cc([N+](=O)[O-])c(Nc2n[nH]c(Nc3c([N+](=O)[O-])cc([N+](=O)[O-])cc3[N+](=O)[O-])n2)c([N+](=O)[O-])c1. The summed E-state index contributed by atoms with van der Waals surface area (Å²) in [7, 11) is 0. The minimum Gasteiger partial charge on any atom is -0.313 e. The number of non-ortho nitro benzene ring substituents is 2. The summed E-state index contributed by atoms with van der Waals surface area (Å²) in [5, 5.41) is 77.3. The Balaban J connectivity index is 2.06. The Morgan fingerprint density at radius 2 is 0.919 bits per heavy atom. The van der Waals surface area contributed by atoms with Crippen LogP contribution in [-0.4, -0.2) is 44.7 Å². The van der Waals surface area contributed by atoms with E-state index < -0.39 is 86.9 Å². The molecular weight excluding hydrogens is 514 g/mol. The van der Waals surface area contributed by atoms with E-state index in [1.165, 1.54) is 0 Å². The predicted octanol–water partition coefficient (Wildman–Crippen LogP) is 2.74. The van der Waals surface area contributed by atoms with Crippen molar-refractivity contribution >= 4 is 57.4 Å². The Labute approximate surface area is 198 Å². The van der Waals surface area contributed by atoms with Crippen molar-refractivity contribution in [2.45, 2.75) is 0 Å². The van der Waals surface area contributed by atoms with Crippen molar-refractivity contribution in [2.75, 3.05) is 10.6 Å². The molecule has 0 bridgehead atoms. The number of anilines is 4. The van der Waals surface area contributed by atoms with Gasteiger partial charge in [-0.25, -0.2) is 5.10 Å². The van der Waals surface area contributed by atoms with E-state index in [-0.39, 0.29) is 0 Å². The van der Waals surface area contributed by atoms with Crippen LogP contribution in [0, 0.1) is 60.7 Å². The van der Waals surface area contributed by atoms with Crippen molar-refractivity contribution in [1.82, 2.24) is 15.2 Å². The molecule has 190 valence electrons. The molecule has 2 aromatic carbocycles. The molecule has 0 aliphatic rings. The van der Waals surface area contributed by atoms with Crippen LogP contribution >= 0.6 is 0 Å². The van der Waals surface area contributed by atoms with Crippen molar-refractivity contribution in [3.05, 3.63) is 85.0 Å². The normalized spacial score (nSPS) is 10.4. The minimum absolute atomic E-state index is 0.435. The fourth-order valence-corrected chi connectivity index (χ4v) is 2.84. The van der Waals surface area contributed by atoms with Crippen LogP contribution in [0.2, 0.25) is 0 Å². The number of hydrogen-bond acceptors (Lipinski definition) is 16. The zero-order valence-electron chi connectivity index (χ0n) is 17.3. The van der Waals surface area contributed by atoms with Gasteiger partial charge in [-0.05, 0) is 0 Å². The smallest absolute Gasteiger partial charge is 0.306 e. The molecule has 23 heteroatoms. The lowest BCUT2D eigenvalue weighted by molar-refractivity contribution is -0.402. The van der Waals surface area contributed by atoms with E-state index in [9.17, 15) is 60.7 Å². The molecule has 0 fully saturated rings.